The van der Waals surface area contributed by atoms with Gasteiger partial charge in [0.15, 0.2) is 12.4 Å². The lowest BCUT2D eigenvalue weighted by Crippen LogP contribution is -2.42. The van der Waals surface area contributed by atoms with E-state index in [1.54, 1.807) is 24.4 Å². The van der Waals surface area contributed by atoms with Crippen molar-refractivity contribution in [1.82, 2.24) is 9.97 Å². The summed E-state index contributed by atoms with van der Waals surface area (Å²) in [6.07, 6.45) is 1.73. The van der Waals surface area contributed by atoms with Crippen LogP contribution in [0.1, 0.15) is 10.6 Å². The van der Waals surface area contributed by atoms with E-state index in [0.29, 0.717) is 17.0 Å². The maximum absolute atomic E-state index is 13.0. The summed E-state index contributed by atoms with van der Waals surface area (Å²) in [4.78, 5) is 36.2. The van der Waals surface area contributed by atoms with Crippen molar-refractivity contribution in [1.29, 1.82) is 0 Å². The quantitative estimate of drug-likeness (QED) is 0.329. The molecule has 0 atom stereocenters. The number of carbonyl (C=O) groups excluding carboxylic acids is 2. The van der Waals surface area contributed by atoms with Crippen molar-refractivity contribution >= 4 is 39.7 Å². The molecule has 0 radical (unpaired) electrons. The molecular weight excluding hydrogens is 450 g/mol. The minimum atomic E-state index is -0.290. The maximum atomic E-state index is 13.0. The van der Waals surface area contributed by atoms with E-state index in [9.17, 15) is 9.59 Å². The summed E-state index contributed by atoms with van der Waals surface area (Å²) in [5, 5.41) is 3.59. The third kappa shape index (κ3) is 3.64. The average Bonchev–Trinajstić information content (AvgIpc) is 3.54. The Bertz CT molecular complexity index is 1510. The average molecular weight is 468 g/mol. The van der Waals surface area contributed by atoms with Crippen LogP contribution in [0.25, 0.3) is 32.9 Å². The summed E-state index contributed by atoms with van der Waals surface area (Å²) >= 11 is 1.49. The first-order valence-electron chi connectivity index (χ1n) is 10.6. The van der Waals surface area contributed by atoms with Crippen LogP contribution < -0.4 is 9.64 Å². The van der Waals surface area contributed by atoms with Crippen molar-refractivity contribution in [3.8, 4) is 27.7 Å². The summed E-state index contributed by atoms with van der Waals surface area (Å²) in [7, 11) is 0. The molecule has 1 amide bonds. The number of benzene rings is 2. The van der Waals surface area contributed by atoms with Gasteiger partial charge in [0.1, 0.15) is 16.3 Å². The number of para-hydroxylation sites is 1. The number of aromatic nitrogens is 2. The van der Waals surface area contributed by atoms with Crippen molar-refractivity contribution in [2.24, 2.45) is 0 Å². The topological polar surface area (TPSA) is 85.5 Å². The van der Waals surface area contributed by atoms with Gasteiger partial charge in [-0.2, -0.15) is 0 Å². The summed E-state index contributed by atoms with van der Waals surface area (Å²) < 4.78 is 11.3. The standard InChI is InChI=1S/C26H17N3O4S/c30-21(24-12-17-5-1-2-7-22(17)33-24)13-29-20-11-16(8-9-23(20)32-14-25(29)31)19-15-34-26(28-19)18-6-3-4-10-27-18/h1-12,15H,13-14H2. The molecule has 166 valence electrons. The predicted octanol–water partition coefficient (Wildman–Crippen LogP) is 5.23. The number of ketones is 1. The van der Waals surface area contributed by atoms with Gasteiger partial charge < -0.3 is 9.15 Å². The smallest absolute Gasteiger partial charge is 0.265 e. The zero-order valence-corrected chi connectivity index (χ0v) is 18.6. The largest absolute Gasteiger partial charge is 0.482 e. The summed E-state index contributed by atoms with van der Waals surface area (Å²) in [5.74, 6) is 0.189. The molecule has 0 N–H and O–H groups in total. The fourth-order valence-corrected chi connectivity index (χ4v) is 4.69. The second-order valence-electron chi connectivity index (χ2n) is 7.78. The highest BCUT2D eigenvalue weighted by Crippen LogP contribution is 2.37. The summed E-state index contributed by atoms with van der Waals surface area (Å²) in [6, 6.07) is 20.3. The van der Waals surface area contributed by atoms with Crippen molar-refractivity contribution in [3.63, 3.8) is 0 Å². The molecule has 8 heteroatoms. The summed E-state index contributed by atoms with van der Waals surface area (Å²) in [5.41, 5.74) is 3.54. The van der Waals surface area contributed by atoms with Crippen LogP contribution in [0.4, 0.5) is 5.69 Å². The van der Waals surface area contributed by atoms with Gasteiger partial charge in [-0.1, -0.05) is 24.3 Å². The number of nitrogens with zero attached hydrogens (tertiary/aromatic N) is 3. The van der Waals surface area contributed by atoms with Crippen molar-refractivity contribution in [2.75, 3.05) is 18.1 Å². The second-order valence-corrected chi connectivity index (χ2v) is 8.63. The monoisotopic (exact) mass is 467 g/mol. The second kappa shape index (κ2) is 8.24. The molecule has 0 aliphatic carbocycles. The molecule has 4 heterocycles. The number of rotatable bonds is 5. The van der Waals surface area contributed by atoms with E-state index >= 15 is 0 Å². The van der Waals surface area contributed by atoms with Gasteiger partial charge in [0.25, 0.3) is 5.91 Å². The van der Waals surface area contributed by atoms with E-state index in [1.165, 1.54) is 16.2 Å². The van der Waals surface area contributed by atoms with Crippen LogP contribution in [-0.2, 0) is 4.79 Å². The Hall–Kier alpha value is -4.30. The van der Waals surface area contributed by atoms with Gasteiger partial charge in [-0.25, -0.2) is 4.98 Å². The van der Waals surface area contributed by atoms with E-state index in [2.05, 4.69) is 4.98 Å². The number of carbonyl (C=O) groups is 2. The van der Waals surface area contributed by atoms with E-state index in [-0.39, 0.29) is 30.6 Å². The number of ether oxygens (including phenoxy) is 1. The number of amides is 1. The molecule has 34 heavy (non-hydrogen) atoms. The van der Waals surface area contributed by atoms with Gasteiger partial charge in [-0.3, -0.25) is 19.5 Å². The molecule has 5 aromatic rings. The number of furan rings is 1. The molecule has 0 unspecified atom stereocenters. The lowest BCUT2D eigenvalue weighted by Gasteiger charge is -2.29. The molecule has 0 fully saturated rings. The molecule has 0 saturated heterocycles. The van der Waals surface area contributed by atoms with E-state index in [0.717, 1.165) is 27.3 Å². The highest BCUT2D eigenvalue weighted by Gasteiger charge is 2.29. The fourth-order valence-electron chi connectivity index (χ4n) is 3.89. The zero-order chi connectivity index (χ0) is 23.1. The van der Waals surface area contributed by atoms with Crippen LogP contribution in [0.15, 0.2) is 82.7 Å². The molecule has 2 aromatic carbocycles. The van der Waals surface area contributed by atoms with Gasteiger partial charge in [0.2, 0.25) is 5.78 Å². The molecular formula is C26H17N3O4S. The number of hydrogen-bond donors (Lipinski definition) is 0. The van der Waals surface area contributed by atoms with Gasteiger partial charge >= 0.3 is 0 Å². The van der Waals surface area contributed by atoms with Crippen molar-refractivity contribution in [2.45, 2.75) is 0 Å². The Balaban J connectivity index is 1.31. The Labute approximate surface area is 198 Å². The van der Waals surface area contributed by atoms with Gasteiger partial charge in [0, 0.05) is 22.5 Å². The summed E-state index contributed by atoms with van der Waals surface area (Å²) in [6.45, 7) is -0.269. The minimum Gasteiger partial charge on any atom is -0.482 e. The van der Waals surface area contributed by atoms with Gasteiger partial charge in [-0.05, 0) is 42.5 Å². The Morgan fingerprint density at radius 1 is 1.03 bits per heavy atom. The molecule has 1 aliphatic heterocycles. The third-order valence-corrected chi connectivity index (χ3v) is 6.45. The number of anilines is 1. The number of hydrogen-bond acceptors (Lipinski definition) is 7. The van der Waals surface area contributed by atoms with Crippen LogP contribution >= 0.6 is 11.3 Å². The van der Waals surface area contributed by atoms with Crippen molar-refractivity contribution < 1.29 is 18.7 Å². The van der Waals surface area contributed by atoms with Crippen LogP contribution in [-0.4, -0.2) is 34.8 Å². The number of thiazole rings is 1. The highest BCUT2D eigenvalue weighted by atomic mass is 32.1. The fraction of sp³-hybridized carbons (Fsp3) is 0.0769. The molecule has 0 spiro atoms. The minimum absolute atomic E-state index is 0.125. The van der Waals surface area contributed by atoms with Crippen LogP contribution in [0.5, 0.6) is 5.75 Å². The SMILES string of the molecule is O=C(CN1C(=O)COc2ccc(-c3csc(-c4ccccn4)n3)cc21)c1cc2ccccc2o1. The van der Waals surface area contributed by atoms with Crippen LogP contribution in [0.3, 0.4) is 0 Å². The molecule has 7 nitrogen and oxygen atoms in total. The molecule has 0 bridgehead atoms. The Morgan fingerprint density at radius 3 is 2.76 bits per heavy atom. The van der Waals surface area contributed by atoms with E-state index in [1.807, 2.05) is 53.9 Å². The Kier molecular flexibility index (Phi) is 4.92. The lowest BCUT2D eigenvalue weighted by atomic mass is 10.1. The van der Waals surface area contributed by atoms with Crippen molar-refractivity contribution in [3.05, 3.63) is 84.1 Å². The number of pyridine rings is 1. The van der Waals surface area contributed by atoms with Crippen LogP contribution in [0, 0.1) is 0 Å². The highest BCUT2D eigenvalue weighted by molar-refractivity contribution is 7.13. The predicted molar refractivity (Wildman–Crippen MR) is 129 cm³/mol. The zero-order valence-electron chi connectivity index (χ0n) is 17.8. The normalized spacial score (nSPS) is 13.1. The first-order chi connectivity index (χ1) is 16.7. The Morgan fingerprint density at radius 2 is 1.91 bits per heavy atom. The molecule has 0 saturated carbocycles. The van der Waals surface area contributed by atoms with E-state index < -0.39 is 0 Å². The number of fused-ring (bicyclic) bond motifs is 2. The first kappa shape index (κ1) is 20.3. The molecule has 1 aliphatic rings. The third-order valence-electron chi connectivity index (χ3n) is 5.59. The maximum Gasteiger partial charge on any atom is 0.265 e. The lowest BCUT2D eigenvalue weighted by molar-refractivity contribution is -0.121. The number of Topliss-reactive ketones (excluding diaryl/α,β-unsaturated/α-hetero) is 1. The van der Waals surface area contributed by atoms with Crippen LogP contribution in [0.2, 0.25) is 0 Å². The molecule has 3 aromatic heterocycles. The molecule has 6 rings (SSSR count). The van der Waals surface area contributed by atoms with E-state index in [4.69, 9.17) is 14.1 Å². The van der Waals surface area contributed by atoms with Gasteiger partial charge in [-0.15, -0.1) is 11.3 Å². The van der Waals surface area contributed by atoms with Gasteiger partial charge in [0.05, 0.1) is 23.6 Å². The first-order valence-corrected chi connectivity index (χ1v) is 11.5.